The first kappa shape index (κ1) is 19.8. The van der Waals surface area contributed by atoms with Crippen molar-refractivity contribution < 1.29 is 9.69 Å². The van der Waals surface area contributed by atoms with Crippen molar-refractivity contribution in [3.63, 3.8) is 0 Å². The van der Waals surface area contributed by atoms with Crippen LogP contribution in [-0.4, -0.2) is 29.3 Å². The Morgan fingerprint density at radius 3 is 2.46 bits per heavy atom. The van der Waals surface area contributed by atoms with Gasteiger partial charge >= 0.3 is 0 Å². The highest BCUT2D eigenvalue weighted by Crippen LogP contribution is 2.17. The van der Waals surface area contributed by atoms with E-state index in [0.717, 1.165) is 39.8 Å². The van der Waals surface area contributed by atoms with E-state index in [9.17, 15) is 4.79 Å². The molecule has 0 aliphatic carbocycles. The van der Waals surface area contributed by atoms with E-state index in [-0.39, 0.29) is 5.91 Å². The average Bonchev–Trinajstić information content (AvgIpc) is 2.93. The standard InChI is InChI=1S/C23H28N4O/c1-16-11-12-22(17(2)13-16)24-23(28)15-26(5)14-21-18(3)25-27(19(21)4)20-9-7-6-8-10-20/h6-13H,14-15H2,1-5H3,(H,24,28)/p+1. The van der Waals surface area contributed by atoms with Crippen LogP contribution in [0.4, 0.5) is 5.69 Å². The molecule has 1 heterocycles. The number of hydrogen-bond donors (Lipinski definition) is 2. The van der Waals surface area contributed by atoms with Crippen LogP contribution >= 0.6 is 0 Å². The fourth-order valence-electron chi connectivity index (χ4n) is 3.54. The normalized spacial score (nSPS) is 12.0. The van der Waals surface area contributed by atoms with Crippen LogP contribution in [0.25, 0.3) is 5.69 Å². The Morgan fingerprint density at radius 1 is 1.07 bits per heavy atom. The number of aromatic nitrogens is 2. The number of carbonyl (C=O) groups excluding carboxylic acids is 1. The van der Waals surface area contributed by atoms with E-state index in [4.69, 9.17) is 5.10 Å². The summed E-state index contributed by atoms with van der Waals surface area (Å²) < 4.78 is 1.98. The molecule has 1 amide bonds. The highest BCUT2D eigenvalue weighted by atomic mass is 16.2. The number of anilines is 1. The molecule has 0 spiro atoms. The minimum atomic E-state index is 0.0233. The lowest BCUT2D eigenvalue weighted by atomic mass is 10.1. The van der Waals surface area contributed by atoms with E-state index in [1.54, 1.807) is 0 Å². The van der Waals surface area contributed by atoms with Gasteiger partial charge in [-0.3, -0.25) is 4.79 Å². The maximum Gasteiger partial charge on any atom is 0.279 e. The summed E-state index contributed by atoms with van der Waals surface area (Å²) >= 11 is 0. The molecule has 0 saturated carbocycles. The molecule has 0 radical (unpaired) electrons. The Bertz CT molecular complexity index is 976. The number of para-hydroxylation sites is 1. The third-order valence-corrected chi connectivity index (χ3v) is 5.04. The highest BCUT2D eigenvalue weighted by molar-refractivity contribution is 5.92. The van der Waals surface area contributed by atoms with E-state index < -0.39 is 0 Å². The first-order chi connectivity index (χ1) is 13.3. The topological polar surface area (TPSA) is 51.4 Å². The van der Waals surface area contributed by atoms with Crippen LogP contribution in [0.1, 0.15) is 28.1 Å². The van der Waals surface area contributed by atoms with Gasteiger partial charge in [-0.1, -0.05) is 35.9 Å². The lowest BCUT2D eigenvalue weighted by molar-refractivity contribution is -0.885. The second kappa shape index (κ2) is 8.40. The Morgan fingerprint density at radius 2 is 1.79 bits per heavy atom. The van der Waals surface area contributed by atoms with E-state index in [1.807, 2.05) is 55.9 Å². The summed E-state index contributed by atoms with van der Waals surface area (Å²) in [5.74, 6) is 0.0233. The maximum atomic E-state index is 12.5. The number of benzene rings is 2. The molecule has 5 nitrogen and oxygen atoms in total. The molecule has 28 heavy (non-hydrogen) atoms. The van der Waals surface area contributed by atoms with Gasteiger partial charge in [-0.2, -0.15) is 5.10 Å². The van der Waals surface area contributed by atoms with E-state index in [0.29, 0.717) is 6.54 Å². The summed E-state index contributed by atoms with van der Waals surface area (Å²) in [5, 5.41) is 7.74. The molecule has 0 aliphatic heterocycles. The molecule has 0 bridgehead atoms. The molecule has 0 aliphatic rings. The molecule has 1 atom stereocenters. The van der Waals surface area contributed by atoms with Gasteiger partial charge in [-0.05, 0) is 51.5 Å². The minimum absolute atomic E-state index is 0.0233. The predicted octanol–water partition coefficient (Wildman–Crippen LogP) is 2.76. The molecular weight excluding hydrogens is 348 g/mol. The van der Waals surface area contributed by atoms with Crippen molar-refractivity contribution in [3.8, 4) is 5.69 Å². The summed E-state index contributed by atoms with van der Waals surface area (Å²) in [4.78, 5) is 13.6. The Balaban J connectivity index is 1.67. The predicted molar refractivity (Wildman–Crippen MR) is 113 cm³/mol. The fourth-order valence-corrected chi connectivity index (χ4v) is 3.54. The van der Waals surface area contributed by atoms with Gasteiger partial charge in [-0.25, -0.2) is 4.68 Å². The summed E-state index contributed by atoms with van der Waals surface area (Å²) in [6, 6.07) is 16.2. The summed E-state index contributed by atoms with van der Waals surface area (Å²) in [6.45, 7) is 9.35. The number of amides is 1. The van der Waals surface area contributed by atoms with Gasteiger partial charge in [0.15, 0.2) is 6.54 Å². The molecule has 0 saturated heterocycles. The van der Waals surface area contributed by atoms with Crippen LogP contribution in [0, 0.1) is 27.7 Å². The quantitative estimate of drug-likeness (QED) is 0.694. The summed E-state index contributed by atoms with van der Waals surface area (Å²) in [7, 11) is 2.04. The van der Waals surface area contributed by atoms with Gasteiger partial charge in [0.25, 0.3) is 5.91 Å². The zero-order valence-corrected chi connectivity index (χ0v) is 17.3. The number of carbonyl (C=O) groups is 1. The van der Waals surface area contributed by atoms with E-state index in [2.05, 4.69) is 37.4 Å². The molecule has 0 fully saturated rings. The van der Waals surface area contributed by atoms with Gasteiger partial charge in [0, 0.05) is 5.69 Å². The molecule has 1 unspecified atom stereocenters. The van der Waals surface area contributed by atoms with Gasteiger partial charge in [0.2, 0.25) is 0 Å². The lowest BCUT2D eigenvalue weighted by Gasteiger charge is -2.15. The first-order valence-corrected chi connectivity index (χ1v) is 9.64. The number of hydrogen-bond acceptors (Lipinski definition) is 2. The largest absolute Gasteiger partial charge is 0.326 e. The van der Waals surface area contributed by atoms with Crippen molar-refractivity contribution in [2.45, 2.75) is 34.2 Å². The first-order valence-electron chi connectivity index (χ1n) is 9.64. The van der Waals surface area contributed by atoms with Crippen LogP contribution in [0.5, 0.6) is 0 Å². The second-order valence-corrected chi connectivity index (χ2v) is 7.57. The van der Waals surface area contributed by atoms with Crippen molar-refractivity contribution >= 4 is 11.6 Å². The molecular formula is C23H29N4O+. The highest BCUT2D eigenvalue weighted by Gasteiger charge is 2.18. The van der Waals surface area contributed by atoms with E-state index >= 15 is 0 Å². The molecule has 146 valence electrons. The molecule has 2 aromatic carbocycles. The van der Waals surface area contributed by atoms with Gasteiger partial charge < -0.3 is 10.2 Å². The molecule has 3 aromatic rings. The third kappa shape index (κ3) is 4.49. The van der Waals surface area contributed by atoms with Gasteiger partial charge in [-0.15, -0.1) is 0 Å². The average molecular weight is 378 g/mol. The number of likely N-dealkylation sites (N-methyl/N-ethyl adjacent to an activating group) is 1. The van der Waals surface area contributed by atoms with Crippen molar-refractivity contribution in [2.75, 3.05) is 18.9 Å². The molecule has 1 aromatic heterocycles. The molecule has 5 heteroatoms. The SMILES string of the molecule is Cc1ccc(NC(=O)C[NH+](C)Cc2c(C)nn(-c3ccccc3)c2C)c(C)c1. The Kier molecular flexibility index (Phi) is 5.95. The van der Waals surface area contributed by atoms with Crippen LogP contribution in [0.2, 0.25) is 0 Å². The smallest absolute Gasteiger partial charge is 0.279 e. The van der Waals surface area contributed by atoms with Crippen molar-refractivity contribution in [1.29, 1.82) is 0 Å². The third-order valence-electron chi connectivity index (χ3n) is 5.04. The maximum absolute atomic E-state index is 12.5. The van der Waals surface area contributed by atoms with Crippen molar-refractivity contribution in [1.82, 2.24) is 9.78 Å². The summed E-state index contributed by atoms with van der Waals surface area (Å²) in [6.07, 6.45) is 0. The van der Waals surface area contributed by atoms with Gasteiger partial charge in [0.1, 0.15) is 6.54 Å². The zero-order chi connectivity index (χ0) is 20.3. The van der Waals surface area contributed by atoms with Crippen LogP contribution in [-0.2, 0) is 11.3 Å². The van der Waals surface area contributed by atoms with E-state index in [1.165, 1.54) is 11.1 Å². The number of nitrogens with zero attached hydrogens (tertiary/aromatic N) is 2. The lowest BCUT2D eigenvalue weighted by Crippen LogP contribution is -3.08. The van der Waals surface area contributed by atoms with Crippen LogP contribution < -0.4 is 10.2 Å². The number of nitrogens with one attached hydrogen (secondary N) is 2. The van der Waals surface area contributed by atoms with Crippen LogP contribution in [0.15, 0.2) is 48.5 Å². The second-order valence-electron chi connectivity index (χ2n) is 7.57. The van der Waals surface area contributed by atoms with Crippen molar-refractivity contribution in [2.24, 2.45) is 0 Å². The fraction of sp³-hybridized carbons (Fsp3) is 0.304. The Hall–Kier alpha value is -2.92. The van der Waals surface area contributed by atoms with Crippen molar-refractivity contribution in [3.05, 3.63) is 76.6 Å². The summed E-state index contributed by atoms with van der Waals surface area (Å²) in [5.41, 5.74) is 7.54. The monoisotopic (exact) mass is 377 g/mol. The minimum Gasteiger partial charge on any atom is -0.326 e. The number of rotatable bonds is 6. The van der Waals surface area contributed by atoms with Gasteiger partial charge in [0.05, 0.1) is 29.7 Å². The van der Waals surface area contributed by atoms with Crippen LogP contribution in [0.3, 0.4) is 0 Å². The molecule has 2 N–H and O–H groups in total. The number of aryl methyl sites for hydroxylation is 3. The zero-order valence-electron chi connectivity index (χ0n) is 17.3. The number of quaternary nitrogens is 1. The Labute approximate surface area is 167 Å². The molecule has 3 rings (SSSR count).